The Kier molecular flexibility index (Phi) is 5.38. The van der Waals surface area contributed by atoms with Crippen molar-refractivity contribution >= 4 is 15.7 Å². The molecule has 0 spiro atoms. The Bertz CT molecular complexity index is 693. The topological polar surface area (TPSA) is 76.4 Å². The van der Waals surface area contributed by atoms with Gasteiger partial charge < -0.3 is 9.73 Å². The minimum Gasteiger partial charge on any atom is -0.468 e. The Hall–Kier alpha value is -2.08. The fourth-order valence-electron chi connectivity index (χ4n) is 2.13. The molecule has 1 amide bonds. The van der Waals surface area contributed by atoms with E-state index in [1.165, 1.54) is 6.26 Å². The van der Waals surface area contributed by atoms with Crippen molar-refractivity contribution in [3.8, 4) is 0 Å². The van der Waals surface area contributed by atoms with Crippen LogP contribution in [0.25, 0.3) is 0 Å². The molecule has 0 bridgehead atoms. The van der Waals surface area contributed by atoms with Crippen LogP contribution in [0.4, 0.5) is 0 Å². The lowest BCUT2D eigenvalue weighted by Gasteiger charge is -2.16. The van der Waals surface area contributed by atoms with Gasteiger partial charge in [-0.1, -0.05) is 25.1 Å². The summed E-state index contributed by atoms with van der Waals surface area (Å²) in [6.45, 7) is 1.88. The molecule has 118 valence electrons. The Labute approximate surface area is 130 Å². The second-order valence-electron chi connectivity index (χ2n) is 4.92. The summed E-state index contributed by atoms with van der Waals surface area (Å²) in [6, 6.07) is 11.4. The summed E-state index contributed by atoms with van der Waals surface area (Å²) in [6.07, 6.45) is 2.51. The van der Waals surface area contributed by atoms with Gasteiger partial charge in [-0.15, -0.1) is 0 Å². The van der Waals surface area contributed by atoms with Crippen LogP contribution in [-0.4, -0.2) is 20.9 Å². The lowest BCUT2D eigenvalue weighted by Crippen LogP contribution is -2.31. The van der Waals surface area contributed by atoms with Crippen molar-refractivity contribution in [1.82, 2.24) is 5.32 Å². The zero-order valence-electron chi connectivity index (χ0n) is 12.4. The van der Waals surface area contributed by atoms with Crippen molar-refractivity contribution in [3.63, 3.8) is 0 Å². The zero-order valence-corrected chi connectivity index (χ0v) is 13.2. The molecule has 0 saturated carbocycles. The number of amides is 1. The number of rotatable bonds is 7. The molecule has 2 rings (SSSR count). The minimum atomic E-state index is -3.64. The summed E-state index contributed by atoms with van der Waals surface area (Å²) in [5.74, 6) is 0.156. The summed E-state index contributed by atoms with van der Waals surface area (Å²) in [7, 11) is -3.64. The van der Waals surface area contributed by atoms with Crippen LogP contribution >= 0.6 is 0 Å². The first-order valence-electron chi connectivity index (χ1n) is 7.14. The molecule has 0 saturated heterocycles. The second-order valence-corrected chi connectivity index (χ2v) is 7.05. The maximum absolute atomic E-state index is 12.8. The Morgan fingerprint density at radius 3 is 2.50 bits per heavy atom. The van der Waals surface area contributed by atoms with Gasteiger partial charge in [-0.2, -0.15) is 0 Å². The van der Waals surface area contributed by atoms with Crippen molar-refractivity contribution in [2.75, 3.05) is 6.54 Å². The minimum absolute atomic E-state index is 0.0103. The van der Waals surface area contributed by atoms with Gasteiger partial charge in [0.1, 0.15) is 11.0 Å². The molecule has 0 unspecified atom stereocenters. The number of nitrogens with one attached hydrogen (secondary N) is 1. The van der Waals surface area contributed by atoms with Gasteiger partial charge in [0.2, 0.25) is 5.91 Å². The zero-order chi connectivity index (χ0) is 16.0. The molecule has 6 heteroatoms. The van der Waals surface area contributed by atoms with Crippen molar-refractivity contribution < 1.29 is 17.6 Å². The van der Waals surface area contributed by atoms with Gasteiger partial charge in [0.25, 0.3) is 0 Å². The molecule has 1 atom stereocenters. The lowest BCUT2D eigenvalue weighted by atomic mass is 10.3. The summed E-state index contributed by atoms with van der Waals surface area (Å²) in [5, 5.41) is 1.73. The van der Waals surface area contributed by atoms with Gasteiger partial charge in [-0.05, 0) is 30.7 Å². The number of furan rings is 1. The van der Waals surface area contributed by atoms with Crippen LogP contribution in [0.5, 0.6) is 0 Å². The summed E-state index contributed by atoms with van der Waals surface area (Å²) in [5.41, 5.74) is 0. The summed E-state index contributed by atoms with van der Waals surface area (Å²) < 4.78 is 30.8. The number of sulfone groups is 1. The molecule has 0 aliphatic carbocycles. The van der Waals surface area contributed by atoms with Gasteiger partial charge in [-0.25, -0.2) is 8.42 Å². The molecule has 22 heavy (non-hydrogen) atoms. The average Bonchev–Trinajstić information content (AvgIpc) is 3.02. The first kappa shape index (κ1) is 16.3. The Morgan fingerprint density at radius 2 is 1.91 bits per heavy atom. The van der Waals surface area contributed by atoms with Gasteiger partial charge in [0.15, 0.2) is 9.84 Å². The van der Waals surface area contributed by atoms with Gasteiger partial charge >= 0.3 is 0 Å². The van der Waals surface area contributed by atoms with E-state index in [-0.39, 0.29) is 17.3 Å². The molecule has 1 aromatic carbocycles. The highest BCUT2D eigenvalue weighted by atomic mass is 32.2. The van der Waals surface area contributed by atoms with Crippen molar-refractivity contribution in [1.29, 1.82) is 0 Å². The molecular weight excluding hydrogens is 302 g/mol. The van der Waals surface area contributed by atoms with Crippen LogP contribution in [0, 0.1) is 0 Å². The highest BCUT2D eigenvalue weighted by Crippen LogP contribution is 2.28. The highest BCUT2D eigenvalue weighted by molar-refractivity contribution is 7.91. The van der Waals surface area contributed by atoms with E-state index in [1.54, 1.807) is 42.5 Å². The Morgan fingerprint density at radius 1 is 1.18 bits per heavy atom. The fourth-order valence-corrected chi connectivity index (χ4v) is 3.74. The highest BCUT2D eigenvalue weighted by Gasteiger charge is 2.31. The summed E-state index contributed by atoms with van der Waals surface area (Å²) >= 11 is 0. The predicted octanol–water partition coefficient (Wildman–Crippen LogP) is 2.71. The molecular formula is C16H19NO4S. The largest absolute Gasteiger partial charge is 0.468 e. The SMILES string of the molecule is CCCC(=O)NC[C@H](c1ccco1)S(=O)(=O)c1ccccc1. The van der Waals surface area contributed by atoms with Crippen molar-refractivity contribution in [3.05, 3.63) is 54.5 Å². The lowest BCUT2D eigenvalue weighted by molar-refractivity contribution is -0.121. The Balaban J connectivity index is 2.27. The standard InChI is InChI=1S/C16H19NO4S/c1-2-7-16(18)17-12-15(14-10-6-11-21-14)22(19,20)13-8-4-3-5-9-13/h3-6,8-11,15H,2,7,12H2,1H3,(H,17,18)/t15-/m1/s1. The number of hydrogen-bond donors (Lipinski definition) is 1. The molecule has 2 aromatic rings. The normalized spacial score (nSPS) is 12.8. The molecule has 1 N–H and O–H groups in total. The third kappa shape index (κ3) is 3.76. The van der Waals surface area contributed by atoms with E-state index >= 15 is 0 Å². The molecule has 0 fully saturated rings. The van der Waals surface area contributed by atoms with Crippen LogP contribution in [0.15, 0.2) is 58.0 Å². The maximum atomic E-state index is 12.8. The first-order chi connectivity index (χ1) is 10.6. The van der Waals surface area contributed by atoms with E-state index in [0.717, 1.165) is 0 Å². The number of benzene rings is 1. The fraction of sp³-hybridized carbons (Fsp3) is 0.312. The van der Waals surface area contributed by atoms with E-state index in [0.29, 0.717) is 18.6 Å². The smallest absolute Gasteiger partial charge is 0.220 e. The van der Waals surface area contributed by atoms with E-state index < -0.39 is 15.1 Å². The van der Waals surface area contributed by atoms with Gasteiger partial charge in [0, 0.05) is 13.0 Å². The monoisotopic (exact) mass is 321 g/mol. The van der Waals surface area contributed by atoms with E-state index in [4.69, 9.17) is 4.42 Å². The van der Waals surface area contributed by atoms with Crippen LogP contribution in [0.2, 0.25) is 0 Å². The number of hydrogen-bond acceptors (Lipinski definition) is 4. The quantitative estimate of drug-likeness (QED) is 0.850. The van der Waals surface area contributed by atoms with Crippen LogP contribution in [0.1, 0.15) is 30.8 Å². The van der Waals surface area contributed by atoms with E-state index in [9.17, 15) is 13.2 Å². The molecule has 0 aliphatic heterocycles. The average molecular weight is 321 g/mol. The van der Waals surface area contributed by atoms with Gasteiger partial charge in [0.05, 0.1) is 11.2 Å². The molecule has 0 radical (unpaired) electrons. The molecule has 1 heterocycles. The van der Waals surface area contributed by atoms with Crippen LogP contribution in [0.3, 0.4) is 0 Å². The van der Waals surface area contributed by atoms with Crippen LogP contribution in [-0.2, 0) is 14.6 Å². The number of carbonyl (C=O) groups is 1. The third-order valence-corrected chi connectivity index (χ3v) is 5.35. The van der Waals surface area contributed by atoms with Crippen LogP contribution < -0.4 is 5.32 Å². The summed E-state index contributed by atoms with van der Waals surface area (Å²) in [4.78, 5) is 11.9. The predicted molar refractivity (Wildman–Crippen MR) is 83.0 cm³/mol. The third-order valence-electron chi connectivity index (χ3n) is 3.27. The van der Waals surface area contributed by atoms with E-state index in [2.05, 4.69) is 5.32 Å². The number of carbonyl (C=O) groups excluding carboxylic acids is 1. The van der Waals surface area contributed by atoms with E-state index in [1.807, 2.05) is 6.92 Å². The van der Waals surface area contributed by atoms with Gasteiger partial charge in [-0.3, -0.25) is 4.79 Å². The molecule has 0 aliphatic rings. The molecule has 1 aromatic heterocycles. The molecule has 5 nitrogen and oxygen atoms in total. The second kappa shape index (κ2) is 7.26. The maximum Gasteiger partial charge on any atom is 0.220 e. The van der Waals surface area contributed by atoms with Crippen molar-refractivity contribution in [2.45, 2.75) is 29.9 Å². The first-order valence-corrected chi connectivity index (χ1v) is 8.69. The van der Waals surface area contributed by atoms with Crippen molar-refractivity contribution in [2.24, 2.45) is 0 Å².